The minimum absolute atomic E-state index is 0.164. The van der Waals surface area contributed by atoms with Crippen molar-refractivity contribution in [1.82, 2.24) is 4.90 Å². The van der Waals surface area contributed by atoms with Gasteiger partial charge in [-0.3, -0.25) is 0 Å². The molecule has 19 heavy (non-hydrogen) atoms. The van der Waals surface area contributed by atoms with Gasteiger partial charge in [0.05, 0.1) is 0 Å². The van der Waals surface area contributed by atoms with Crippen molar-refractivity contribution in [3.8, 4) is 0 Å². The molecular formula is C15H23N3O. The Balaban J connectivity index is 1.99. The summed E-state index contributed by atoms with van der Waals surface area (Å²) in [5.74, 6) is 1.05. The van der Waals surface area contributed by atoms with Gasteiger partial charge in [-0.1, -0.05) is 23.7 Å². The van der Waals surface area contributed by atoms with Crippen LogP contribution in [0.1, 0.15) is 36.0 Å². The second kappa shape index (κ2) is 6.06. The van der Waals surface area contributed by atoms with Crippen LogP contribution in [0.15, 0.2) is 23.4 Å². The number of amidine groups is 1. The molecule has 4 nitrogen and oxygen atoms in total. The van der Waals surface area contributed by atoms with Gasteiger partial charge in [0.15, 0.2) is 5.84 Å². The topological polar surface area (TPSA) is 61.9 Å². The fraction of sp³-hybridized carbons (Fsp3) is 0.533. The Hall–Kier alpha value is -1.55. The SMILES string of the molecule is Cc1cc(/C(N)=N/O)ccc1CN(C)CC1CCC1. The Bertz CT molecular complexity index is 466. The minimum atomic E-state index is 0.164. The van der Waals surface area contributed by atoms with Crippen LogP contribution >= 0.6 is 0 Å². The summed E-state index contributed by atoms with van der Waals surface area (Å²) in [7, 11) is 2.18. The lowest BCUT2D eigenvalue weighted by Crippen LogP contribution is -2.29. The van der Waals surface area contributed by atoms with Gasteiger partial charge < -0.3 is 15.8 Å². The van der Waals surface area contributed by atoms with Crippen molar-refractivity contribution in [2.45, 2.75) is 32.7 Å². The molecule has 0 atom stereocenters. The van der Waals surface area contributed by atoms with Gasteiger partial charge in [-0.25, -0.2) is 0 Å². The average Bonchev–Trinajstić information content (AvgIpc) is 2.35. The molecule has 104 valence electrons. The maximum atomic E-state index is 8.68. The van der Waals surface area contributed by atoms with E-state index < -0.39 is 0 Å². The van der Waals surface area contributed by atoms with Crippen molar-refractivity contribution < 1.29 is 5.21 Å². The van der Waals surface area contributed by atoms with Gasteiger partial charge in [-0.15, -0.1) is 0 Å². The second-order valence-corrected chi connectivity index (χ2v) is 5.62. The lowest BCUT2D eigenvalue weighted by Gasteiger charge is -2.30. The molecule has 1 aliphatic rings. The normalized spacial score (nSPS) is 16.7. The zero-order chi connectivity index (χ0) is 13.8. The van der Waals surface area contributed by atoms with Crippen LogP contribution in [0.2, 0.25) is 0 Å². The Labute approximate surface area is 114 Å². The largest absolute Gasteiger partial charge is 0.409 e. The Morgan fingerprint density at radius 1 is 1.47 bits per heavy atom. The molecule has 0 aromatic heterocycles. The van der Waals surface area contributed by atoms with Gasteiger partial charge >= 0.3 is 0 Å². The summed E-state index contributed by atoms with van der Waals surface area (Å²) < 4.78 is 0. The molecule has 4 heteroatoms. The van der Waals surface area contributed by atoms with Crippen molar-refractivity contribution >= 4 is 5.84 Å². The number of rotatable bonds is 5. The number of aryl methyl sites for hydroxylation is 1. The van der Waals surface area contributed by atoms with Crippen LogP contribution in [0.25, 0.3) is 0 Å². The van der Waals surface area contributed by atoms with Crippen molar-refractivity contribution in [2.24, 2.45) is 16.8 Å². The molecule has 1 fully saturated rings. The molecule has 1 saturated carbocycles. The van der Waals surface area contributed by atoms with E-state index in [9.17, 15) is 0 Å². The molecule has 0 heterocycles. The predicted molar refractivity (Wildman–Crippen MR) is 77.4 cm³/mol. The van der Waals surface area contributed by atoms with Crippen LogP contribution < -0.4 is 5.73 Å². The molecule has 1 aliphatic carbocycles. The van der Waals surface area contributed by atoms with Gasteiger partial charge in [-0.2, -0.15) is 0 Å². The molecule has 0 bridgehead atoms. The van der Waals surface area contributed by atoms with E-state index in [1.165, 1.54) is 36.9 Å². The molecule has 0 spiro atoms. The van der Waals surface area contributed by atoms with E-state index in [1.54, 1.807) is 0 Å². The van der Waals surface area contributed by atoms with E-state index in [0.717, 1.165) is 18.0 Å². The zero-order valence-electron chi connectivity index (χ0n) is 11.8. The van der Waals surface area contributed by atoms with Gasteiger partial charge in [-0.05, 0) is 49.9 Å². The van der Waals surface area contributed by atoms with Crippen LogP contribution in [-0.2, 0) is 6.54 Å². The summed E-state index contributed by atoms with van der Waals surface area (Å²) in [4.78, 5) is 2.38. The molecule has 0 saturated heterocycles. The van der Waals surface area contributed by atoms with Crippen LogP contribution in [0.3, 0.4) is 0 Å². The number of hydrogen-bond acceptors (Lipinski definition) is 3. The molecule has 0 unspecified atom stereocenters. The van der Waals surface area contributed by atoms with Gasteiger partial charge in [0.2, 0.25) is 0 Å². The van der Waals surface area contributed by atoms with Crippen LogP contribution in [0.5, 0.6) is 0 Å². The molecule has 0 aliphatic heterocycles. The molecule has 0 radical (unpaired) electrons. The van der Waals surface area contributed by atoms with E-state index in [0.29, 0.717) is 0 Å². The summed E-state index contributed by atoms with van der Waals surface area (Å²) >= 11 is 0. The number of oxime groups is 1. The third kappa shape index (κ3) is 3.47. The monoisotopic (exact) mass is 261 g/mol. The Morgan fingerprint density at radius 2 is 2.21 bits per heavy atom. The Morgan fingerprint density at radius 3 is 2.74 bits per heavy atom. The lowest BCUT2D eigenvalue weighted by molar-refractivity contribution is 0.200. The van der Waals surface area contributed by atoms with E-state index in [1.807, 2.05) is 12.1 Å². The third-order valence-corrected chi connectivity index (χ3v) is 3.98. The second-order valence-electron chi connectivity index (χ2n) is 5.62. The average molecular weight is 261 g/mol. The third-order valence-electron chi connectivity index (χ3n) is 3.98. The molecule has 1 aromatic carbocycles. The van der Waals surface area contributed by atoms with Crippen LogP contribution in [0, 0.1) is 12.8 Å². The number of hydrogen-bond donors (Lipinski definition) is 2. The molecule has 0 amide bonds. The van der Waals surface area contributed by atoms with Crippen molar-refractivity contribution in [2.75, 3.05) is 13.6 Å². The number of nitrogens with zero attached hydrogens (tertiary/aromatic N) is 2. The standard InChI is InChI=1S/C15H23N3O/c1-11-8-13(15(16)17-19)6-7-14(11)10-18(2)9-12-4-3-5-12/h6-8,12,19H,3-5,9-10H2,1-2H3,(H2,16,17). The van der Waals surface area contributed by atoms with E-state index >= 15 is 0 Å². The van der Waals surface area contributed by atoms with E-state index in [2.05, 4.69) is 30.1 Å². The Kier molecular flexibility index (Phi) is 4.43. The fourth-order valence-electron chi connectivity index (χ4n) is 2.56. The maximum absolute atomic E-state index is 8.68. The first-order chi connectivity index (χ1) is 9.10. The van der Waals surface area contributed by atoms with Gasteiger partial charge in [0.1, 0.15) is 0 Å². The lowest BCUT2D eigenvalue weighted by atomic mass is 9.85. The fourth-order valence-corrected chi connectivity index (χ4v) is 2.56. The highest BCUT2D eigenvalue weighted by Gasteiger charge is 2.19. The highest BCUT2D eigenvalue weighted by Crippen LogP contribution is 2.27. The first kappa shape index (κ1) is 13.9. The predicted octanol–water partition coefficient (Wildman–Crippen LogP) is 2.32. The summed E-state index contributed by atoms with van der Waals surface area (Å²) in [5.41, 5.74) is 8.85. The quantitative estimate of drug-likeness (QED) is 0.370. The van der Waals surface area contributed by atoms with Crippen LogP contribution in [-0.4, -0.2) is 29.5 Å². The highest BCUT2D eigenvalue weighted by molar-refractivity contribution is 5.97. The number of benzene rings is 1. The summed E-state index contributed by atoms with van der Waals surface area (Å²) in [6.45, 7) is 4.21. The summed E-state index contributed by atoms with van der Waals surface area (Å²) in [5, 5.41) is 11.7. The zero-order valence-corrected chi connectivity index (χ0v) is 11.8. The van der Waals surface area contributed by atoms with Crippen molar-refractivity contribution in [1.29, 1.82) is 0 Å². The molecular weight excluding hydrogens is 238 g/mol. The molecule has 3 N–H and O–H groups in total. The first-order valence-corrected chi connectivity index (χ1v) is 6.86. The van der Waals surface area contributed by atoms with Crippen molar-refractivity contribution in [3.63, 3.8) is 0 Å². The van der Waals surface area contributed by atoms with Crippen LogP contribution in [0.4, 0.5) is 0 Å². The summed E-state index contributed by atoms with van der Waals surface area (Å²) in [6.07, 6.45) is 4.16. The maximum Gasteiger partial charge on any atom is 0.170 e. The molecule has 1 aromatic rings. The van der Waals surface area contributed by atoms with Crippen molar-refractivity contribution in [3.05, 3.63) is 34.9 Å². The highest BCUT2D eigenvalue weighted by atomic mass is 16.4. The first-order valence-electron chi connectivity index (χ1n) is 6.86. The summed E-state index contributed by atoms with van der Waals surface area (Å²) in [6, 6.07) is 5.95. The van der Waals surface area contributed by atoms with Gasteiger partial charge in [0.25, 0.3) is 0 Å². The minimum Gasteiger partial charge on any atom is -0.409 e. The molecule has 2 rings (SSSR count). The smallest absolute Gasteiger partial charge is 0.170 e. The van der Waals surface area contributed by atoms with E-state index in [4.69, 9.17) is 10.9 Å². The number of nitrogens with two attached hydrogens (primary N) is 1. The van der Waals surface area contributed by atoms with E-state index in [-0.39, 0.29) is 5.84 Å². The van der Waals surface area contributed by atoms with Gasteiger partial charge in [0, 0.05) is 18.7 Å².